The van der Waals surface area contributed by atoms with Crippen molar-refractivity contribution >= 4 is 11.6 Å². The Morgan fingerprint density at radius 3 is 2.81 bits per heavy atom. The van der Waals surface area contributed by atoms with Gasteiger partial charge in [0, 0.05) is 42.3 Å². The van der Waals surface area contributed by atoms with Crippen molar-refractivity contribution in [2.45, 2.75) is 60.1 Å². The van der Waals surface area contributed by atoms with Crippen LogP contribution in [0.5, 0.6) is 0 Å². The summed E-state index contributed by atoms with van der Waals surface area (Å²) in [6.07, 6.45) is 16.0. The maximum Gasteiger partial charge on any atom is 0.319 e. The Labute approximate surface area is 253 Å². The standard InChI is InChI=1S/C34H42N4O5/c1-5-27(10-7-9-25(3)38-22-30(20-35-38)34(40)36-41)32-11-6-8-24(2)33(32)43-23-29-13-12-28-21-37(16-18-42-19-17-39)15-14-31(28)26(29)4/h5,7,9-13,20,22,39H,6,8,14-19,21,23H2,1-4H3/b10-7-,25-9+,27-5-. The quantitative estimate of drug-likeness (QED) is 0.173. The second-order valence-corrected chi connectivity index (χ2v) is 10.9. The molecule has 2 heterocycles. The lowest BCUT2D eigenvalue weighted by molar-refractivity contribution is 0.0708. The van der Waals surface area contributed by atoms with E-state index in [9.17, 15) is 9.70 Å². The van der Waals surface area contributed by atoms with Gasteiger partial charge in [0.2, 0.25) is 0 Å². The number of rotatable bonds is 13. The molecule has 0 saturated carbocycles. The minimum atomic E-state index is -0.835. The highest BCUT2D eigenvalue weighted by Gasteiger charge is 2.21. The average Bonchev–Trinajstić information content (AvgIpc) is 3.52. The second-order valence-electron chi connectivity index (χ2n) is 10.9. The maximum atomic E-state index is 11.5. The summed E-state index contributed by atoms with van der Waals surface area (Å²) in [6, 6.07) is 4.44. The summed E-state index contributed by atoms with van der Waals surface area (Å²) in [5.74, 6) is 0.103. The van der Waals surface area contributed by atoms with Crippen LogP contribution in [0.2, 0.25) is 0 Å². The lowest BCUT2D eigenvalue weighted by Crippen LogP contribution is -2.34. The number of hydrogen-bond acceptors (Lipinski definition) is 7. The summed E-state index contributed by atoms with van der Waals surface area (Å²) in [7, 11) is 0. The minimum absolute atomic E-state index is 0.0615. The molecule has 0 fully saturated rings. The summed E-state index contributed by atoms with van der Waals surface area (Å²) >= 11 is 0. The van der Waals surface area contributed by atoms with Gasteiger partial charge in [0.15, 0.2) is 0 Å². The Balaban J connectivity index is 1.42. The van der Waals surface area contributed by atoms with Crippen molar-refractivity contribution in [1.82, 2.24) is 14.7 Å². The Hall–Kier alpha value is -3.92. The van der Waals surface area contributed by atoms with Crippen LogP contribution in [0.1, 0.15) is 66.2 Å². The van der Waals surface area contributed by atoms with E-state index < -0.39 is 5.91 Å². The second kappa shape index (κ2) is 15.5. The van der Waals surface area contributed by atoms with Crippen molar-refractivity contribution in [3.05, 3.63) is 110 Å². The summed E-state index contributed by atoms with van der Waals surface area (Å²) in [5.41, 5.74) is 9.65. The number of carbonyl (C=O) groups is 1. The molecule has 2 aliphatic rings. The van der Waals surface area contributed by atoms with Gasteiger partial charge in [0.1, 0.15) is 12.4 Å². The SMILES string of the molecule is C/C=C(/C=C\C=C(/C)n1cc(C(=O)N=O)cn1)C1=CCCC(C)=C1OCc1ccc2c(c1C)CCN(CCOCCO)C2. The van der Waals surface area contributed by atoms with Gasteiger partial charge in [0.05, 0.1) is 31.6 Å². The van der Waals surface area contributed by atoms with E-state index in [1.807, 2.05) is 32.1 Å². The molecule has 9 nitrogen and oxygen atoms in total. The van der Waals surface area contributed by atoms with Crippen molar-refractivity contribution in [1.29, 1.82) is 0 Å². The summed E-state index contributed by atoms with van der Waals surface area (Å²) in [5, 5.41) is 15.5. The van der Waals surface area contributed by atoms with Crippen LogP contribution in [0.15, 0.2) is 82.6 Å². The number of aliphatic hydroxyl groups is 1. The fourth-order valence-electron chi connectivity index (χ4n) is 5.51. The van der Waals surface area contributed by atoms with Crippen molar-refractivity contribution in [3.8, 4) is 0 Å². The zero-order valence-corrected chi connectivity index (χ0v) is 25.6. The van der Waals surface area contributed by atoms with Gasteiger partial charge in [-0.2, -0.15) is 5.10 Å². The highest BCUT2D eigenvalue weighted by molar-refractivity contribution is 5.94. The highest BCUT2D eigenvalue weighted by atomic mass is 16.5. The number of nitrogens with zero attached hydrogens (tertiary/aromatic N) is 4. The molecule has 0 spiro atoms. The van der Waals surface area contributed by atoms with Crippen molar-refractivity contribution in [2.24, 2.45) is 5.18 Å². The number of hydrogen-bond donors (Lipinski definition) is 1. The predicted molar refractivity (Wildman–Crippen MR) is 168 cm³/mol. The molecular weight excluding hydrogens is 544 g/mol. The van der Waals surface area contributed by atoms with Crippen LogP contribution in [0.3, 0.4) is 0 Å². The monoisotopic (exact) mass is 586 g/mol. The lowest BCUT2D eigenvalue weighted by atomic mass is 9.91. The van der Waals surface area contributed by atoms with E-state index in [0.717, 1.165) is 61.5 Å². The third-order valence-corrected chi connectivity index (χ3v) is 8.05. The third kappa shape index (κ3) is 8.13. The smallest absolute Gasteiger partial charge is 0.319 e. The van der Waals surface area contributed by atoms with Crippen LogP contribution < -0.4 is 0 Å². The molecule has 9 heteroatoms. The molecule has 1 aromatic heterocycles. The van der Waals surface area contributed by atoms with Gasteiger partial charge in [-0.1, -0.05) is 36.4 Å². The van der Waals surface area contributed by atoms with Crippen molar-refractivity contribution < 1.29 is 19.4 Å². The lowest BCUT2D eigenvalue weighted by Gasteiger charge is -2.30. The van der Waals surface area contributed by atoms with Crippen LogP contribution in [0.4, 0.5) is 0 Å². The summed E-state index contributed by atoms with van der Waals surface area (Å²) < 4.78 is 13.6. The molecule has 0 unspecified atom stereocenters. The molecule has 43 heavy (non-hydrogen) atoms. The van der Waals surface area contributed by atoms with E-state index in [-0.39, 0.29) is 12.2 Å². The molecule has 1 N–H and O–H groups in total. The molecule has 228 valence electrons. The number of ether oxygens (including phenoxy) is 2. The molecule has 2 aromatic rings. The Bertz CT molecular complexity index is 1480. The number of allylic oxidation sites excluding steroid dienone is 8. The third-order valence-electron chi connectivity index (χ3n) is 8.05. The first kappa shape index (κ1) is 32.0. The van der Waals surface area contributed by atoms with E-state index in [1.165, 1.54) is 40.2 Å². The average molecular weight is 587 g/mol. The van der Waals surface area contributed by atoms with Gasteiger partial charge in [-0.05, 0) is 86.4 Å². The van der Waals surface area contributed by atoms with E-state index in [0.29, 0.717) is 19.8 Å². The van der Waals surface area contributed by atoms with Crippen LogP contribution in [-0.4, -0.2) is 58.6 Å². The van der Waals surface area contributed by atoms with Gasteiger partial charge < -0.3 is 14.6 Å². The molecule has 1 aromatic carbocycles. The Morgan fingerprint density at radius 2 is 2.05 bits per heavy atom. The molecule has 1 aliphatic heterocycles. The fourth-order valence-corrected chi connectivity index (χ4v) is 5.51. The molecule has 4 rings (SSSR count). The molecule has 0 bridgehead atoms. The van der Waals surface area contributed by atoms with Crippen molar-refractivity contribution in [2.75, 3.05) is 32.9 Å². The minimum Gasteiger partial charge on any atom is -0.488 e. The van der Waals surface area contributed by atoms with E-state index in [4.69, 9.17) is 14.6 Å². The number of aromatic nitrogens is 2. The van der Waals surface area contributed by atoms with Gasteiger partial charge >= 0.3 is 5.91 Å². The number of nitroso groups, excluding NO2 is 1. The molecule has 0 radical (unpaired) electrons. The van der Waals surface area contributed by atoms with Gasteiger partial charge in [0.25, 0.3) is 0 Å². The van der Waals surface area contributed by atoms with Gasteiger partial charge in [-0.3, -0.25) is 9.69 Å². The van der Waals surface area contributed by atoms with E-state index >= 15 is 0 Å². The van der Waals surface area contributed by atoms with E-state index in [1.54, 1.807) is 4.68 Å². The van der Waals surface area contributed by atoms with Crippen LogP contribution in [0, 0.1) is 11.8 Å². The van der Waals surface area contributed by atoms with Gasteiger partial charge in [-0.25, -0.2) is 4.68 Å². The first-order valence-corrected chi connectivity index (χ1v) is 14.8. The zero-order valence-electron chi connectivity index (χ0n) is 25.6. The molecule has 0 atom stereocenters. The van der Waals surface area contributed by atoms with E-state index in [2.05, 4.69) is 53.3 Å². The molecule has 1 aliphatic carbocycles. The number of amides is 1. The number of fused-ring (bicyclic) bond motifs is 1. The van der Waals surface area contributed by atoms with Crippen molar-refractivity contribution in [3.63, 3.8) is 0 Å². The summed E-state index contributed by atoms with van der Waals surface area (Å²) in [4.78, 5) is 24.4. The number of benzene rings is 1. The number of carbonyl (C=O) groups excluding carboxylic acids is 1. The van der Waals surface area contributed by atoms with Crippen LogP contribution >= 0.6 is 0 Å². The Morgan fingerprint density at radius 1 is 1.21 bits per heavy atom. The topological polar surface area (TPSA) is 106 Å². The zero-order chi connectivity index (χ0) is 30.8. The summed E-state index contributed by atoms with van der Waals surface area (Å²) in [6.45, 7) is 12.6. The first-order valence-electron chi connectivity index (χ1n) is 14.8. The maximum absolute atomic E-state index is 11.5. The molecule has 1 amide bonds. The fraction of sp³-hybridized carbons (Fsp3) is 0.412. The Kier molecular flexibility index (Phi) is 11.6. The van der Waals surface area contributed by atoms with Crippen LogP contribution in [0.25, 0.3) is 5.70 Å². The largest absolute Gasteiger partial charge is 0.488 e. The van der Waals surface area contributed by atoms with Crippen LogP contribution in [-0.2, 0) is 29.0 Å². The van der Waals surface area contributed by atoms with Gasteiger partial charge in [-0.15, -0.1) is 4.91 Å². The highest BCUT2D eigenvalue weighted by Crippen LogP contribution is 2.33. The normalized spacial score (nSPS) is 16.4. The predicted octanol–water partition coefficient (Wildman–Crippen LogP) is 6.04. The molecular formula is C34H42N4O5. The number of aliphatic hydroxyl groups excluding tert-OH is 1. The molecule has 0 saturated heterocycles. The first-order chi connectivity index (χ1) is 20.9.